The number of ether oxygens (including phenoxy) is 6. The second-order valence-electron chi connectivity index (χ2n) is 13.1. The molecule has 4 rings (SSSR count). The van der Waals surface area contributed by atoms with Gasteiger partial charge in [-0.2, -0.15) is 47.0 Å². The Kier molecular flexibility index (Phi) is 17.7. The highest BCUT2D eigenvalue weighted by molar-refractivity contribution is 8.07. The van der Waals surface area contributed by atoms with Crippen molar-refractivity contribution in [2.45, 2.75) is 69.9 Å². The minimum atomic E-state index is -1.26. The molecule has 0 amide bonds. The zero-order chi connectivity index (χ0) is 37.5. The molecule has 0 aromatic heterocycles. The van der Waals surface area contributed by atoms with E-state index in [9.17, 15) is 9.59 Å². The summed E-state index contributed by atoms with van der Waals surface area (Å²) in [7, 11) is 0. The number of esters is 2. The van der Waals surface area contributed by atoms with Crippen molar-refractivity contribution in [1.29, 1.82) is 0 Å². The Bertz CT molecular complexity index is 1460. The van der Waals surface area contributed by atoms with Gasteiger partial charge in [-0.3, -0.25) is 0 Å². The molecule has 8 nitrogen and oxygen atoms in total. The first kappa shape index (κ1) is 42.5. The van der Waals surface area contributed by atoms with Crippen molar-refractivity contribution in [2.24, 2.45) is 0 Å². The van der Waals surface area contributed by atoms with Gasteiger partial charge in [0.15, 0.2) is 12.7 Å². The van der Waals surface area contributed by atoms with E-state index in [2.05, 4.69) is 37.4 Å². The van der Waals surface area contributed by atoms with E-state index in [4.69, 9.17) is 28.4 Å². The van der Waals surface area contributed by atoms with Crippen LogP contribution in [0.4, 0.5) is 0 Å². The van der Waals surface area contributed by atoms with Crippen LogP contribution >= 0.6 is 47.0 Å². The fourth-order valence-electron chi connectivity index (χ4n) is 5.99. The number of carbonyl (C=O) groups excluding carboxylic acids is 2. The van der Waals surface area contributed by atoms with E-state index < -0.39 is 23.8 Å². The van der Waals surface area contributed by atoms with Crippen LogP contribution in [0.1, 0.15) is 42.0 Å². The van der Waals surface area contributed by atoms with Crippen molar-refractivity contribution in [1.82, 2.24) is 0 Å². The second kappa shape index (κ2) is 21.6. The van der Waals surface area contributed by atoms with E-state index in [0.717, 1.165) is 87.1 Å². The van der Waals surface area contributed by atoms with Gasteiger partial charge in [-0.05, 0) is 98.2 Å². The van der Waals surface area contributed by atoms with Crippen molar-refractivity contribution in [3.63, 3.8) is 0 Å². The van der Waals surface area contributed by atoms with Gasteiger partial charge in [0.1, 0.15) is 18.1 Å². The number of hydrogen-bond acceptors (Lipinski definition) is 12. The van der Waals surface area contributed by atoms with Crippen molar-refractivity contribution >= 4 is 59.0 Å². The van der Waals surface area contributed by atoms with Crippen molar-refractivity contribution in [3.05, 3.63) is 71.8 Å². The molecule has 4 atom stereocenters. The number of thioether (sulfide) groups is 4. The van der Waals surface area contributed by atoms with Crippen LogP contribution < -0.4 is 9.47 Å². The molecule has 2 heterocycles. The number of benzene rings is 2. The van der Waals surface area contributed by atoms with E-state index >= 15 is 0 Å². The highest BCUT2D eigenvalue weighted by atomic mass is 32.2. The van der Waals surface area contributed by atoms with Gasteiger partial charge in [0.25, 0.3) is 0 Å². The summed E-state index contributed by atoms with van der Waals surface area (Å²) in [5.74, 6) is 6.16. The number of rotatable bonds is 20. The second-order valence-corrected chi connectivity index (χ2v) is 18.3. The van der Waals surface area contributed by atoms with Gasteiger partial charge < -0.3 is 28.4 Å². The van der Waals surface area contributed by atoms with E-state index in [0.29, 0.717) is 23.7 Å². The summed E-state index contributed by atoms with van der Waals surface area (Å²) in [5, 5.41) is 1.13. The summed E-state index contributed by atoms with van der Waals surface area (Å²) in [6.45, 7) is 18.4. The van der Waals surface area contributed by atoms with Gasteiger partial charge in [-0.1, -0.05) is 13.2 Å². The lowest BCUT2D eigenvalue weighted by Gasteiger charge is -2.30. The van der Waals surface area contributed by atoms with E-state index in [1.54, 1.807) is 6.92 Å². The summed E-state index contributed by atoms with van der Waals surface area (Å²) in [6, 6.07) is 8.38. The maximum atomic E-state index is 12.2. The van der Waals surface area contributed by atoms with Crippen LogP contribution in [0.5, 0.6) is 11.5 Å². The zero-order valence-corrected chi connectivity index (χ0v) is 34.5. The molecule has 0 aliphatic carbocycles. The van der Waals surface area contributed by atoms with Crippen molar-refractivity contribution < 1.29 is 38.0 Å². The third-order valence-corrected chi connectivity index (χ3v) is 14.4. The summed E-state index contributed by atoms with van der Waals surface area (Å²) < 4.78 is 35.9. The maximum Gasteiger partial charge on any atom is 0.332 e. The molecule has 0 bridgehead atoms. The lowest BCUT2D eigenvalue weighted by atomic mass is 9.96. The lowest BCUT2D eigenvalue weighted by molar-refractivity contribution is -0.230. The SMILES string of the molecule is C=CC(=O)OC(COCCC1CSCCS1)COc1c(C)cc(-c2cc(C)c(OCC(C)(OCCC3CSCCS3)OC(=O)C=C)c(C)c2)cc1C. The van der Waals surface area contributed by atoms with Gasteiger partial charge in [0.05, 0.1) is 13.2 Å². The molecule has 2 aromatic carbocycles. The summed E-state index contributed by atoms with van der Waals surface area (Å²) in [6.07, 6.45) is 3.60. The van der Waals surface area contributed by atoms with Crippen LogP contribution in [-0.4, -0.2) is 102 Å². The molecule has 2 saturated heterocycles. The zero-order valence-electron chi connectivity index (χ0n) is 31.2. The highest BCUT2D eigenvalue weighted by Gasteiger charge is 2.32. The van der Waals surface area contributed by atoms with Crippen LogP contribution in [0.3, 0.4) is 0 Å². The fraction of sp³-hybridized carbons (Fsp3) is 0.550. The predicted molar refractivity (Wildman–Crippen MR) is 220 cm³/mol. The molecule has 0 radical (unpaired) electrons. The lowest BCUT2D eigenvalue weighted by Crippen LogP contribution is -2.41. The molecule has 0 saturated carbocycles. The van der Waals surface area contributed by atoms with Gasteiger partial charge in [0.2, 0.25) is 5.79 Å². The van der Waals surface area contributed by atoms with Crippen LogP contribution in [-0.2, 0) is 28.5 Å². The summed E-state index contributed by atoms with van der Waals surface area (Å²) >= 11 is 7.94. The molecular formula is C40H54O8S4. The number of carbonyl (C=O) groups is 2. The molecule has 2 aromatic rings. The Morgan fingerprint density at radius 2 is 1.29 bits per heavy atom. The maximum absolute atomic E-state index is 12.2. The molecule has 2 aliphatic rings. The molecule has 52 heavy (non-hydrogen) atoms. The van der Waals surface area contributed by atoms with Crippen LogP contribution in [0.2, 0.25) is 0 Å². The average Bonchev–Trinajstić information content (AvgIpc) is 3.13. The third-order valence-electron chi connectivity index (χ3n) is 8.58. The highest BCUT2D eigenvalue weighted by Crippen LogP contribution is 2.35. The molecule has 2 aliphatic heterocycles. The first-order chi connectivity index (χ1) is 25.0. The first-order valence-corrected chi connectivity index (χ1v) is 22.2. The van der Waals surface area contributed by atoms with Gasteiger partial charge >= 0.3 is 11.9 Å². The van der Waals surface area contributed by atoms with Gasteiger partial charge in [-0.25, -0.2) is 9.59 Å². The first-order valence-electron chi connectivity index (χ1n) is 17.8. The molecule has 0 N–H and O–H groups in total. The molecule has 4 unspecified atom stereocenters. The number of aryl methyl sites for hydroxylation is 4. The monoisotopic (exact) mass is 790 g/mol. The van der Waals surface area contributed by atoms with Crippen molar-refractivity contribution in [3.8, 4) is 22.6 Å². The smallest absolute Gasteiger partial charge is 0.332 e. The Morgan fingerprint density at radius 1 is 0.769 bits per heavy atom. The summed E-state index contributed by atoms with van der Waals surface area (Å²) in [5.41, 5.74) is 5.92. The molecule has 2 fully saturated rings. The van der Waals surface area contributed by atoms with Crippen LogP contribution in [0.25, 0.3) is 11.1 Å². The molecular weight excluding hydrogens is 737 g/mol. The van der Waals surface area contributed by atoms with Crippen molar-refractivity contribution in [2.75, 3.05) is 67.6 Å². The van der Waals surface area contributed by atoms with Gasteiger partial charge in [0, 0.05) is 70.7 Å². The van der Waals surface area contributed by atoms with E-state index in [1.807, 2.05) is 74.7 Å². The molecule has 286 valence electrons. The van der Waals surface area contributed by atoms with Crippen LogP contribution in [0.15, 0.2) is 49.6 Å². The Hall–Kier alpha value is -2.22. The van der Waals surface area contributed by atoms with Crippen LogP contribution in [0, 0.1) is 27.7 Å². The quantitative estimate of drug-likeness (QED) is 0.0559. The predicted octanol–water partition coefficient (Wildman–Crippen LogP) is 8.40. The van der Waals surface area contributed by atoms with Gasteiger partial charge in [-0.15, -0.1) is 0 Å². The Labute approximate surface area is 327 Å². The Balaban J connectivity index is 1.38. The minimum absolute atomic E-state index is 0.0390. The average molecular weight is 791 g/mol. The minimum Gasteiger partial charge on any atom is -0.489 e. The third kappa shape index (κ3) is 13.6. The molecule has 0 spiro atoms. The van der Waals surface area contributed by atoms with E-state index in [1.165, 1.54) is 17.3 Å². The fourth-order valence-corrected chi connectivity index (χ4v) is 11.4. The topological polar surface area (TPSA) is 89.5 Å². The molecule has 12 heteroatoms. The summed E-state index contributed by atoms with van der Waals surface area (Å²) in [4.78, 5) is 24.3. The Morgan fingerprint density at radius 3 is 1.79 bits per heavy atom. The largest absolute Gasteiger partial charge is 0.489 e. The standard InChI is InChI=1S/C40H54O8S4/c1-8-36(41)47-33(22-43-12-10-34-24-49-14-16-51-34)23-44-38-27(3)18-31(19-28(38)4)32-20-29(5)39(30(6)21-32)45-26-40(7,48-37(42)9-2)46-13-11-35-25-50-15-17-52-35/h8-9,18-21,33-35H,1-2,10-17,22-26H2,3-7H3. The normalized spacial score (nSPS) is 19.2. The van der Waals surface area contributed by atoms with E-state index in [-0.39, 0.29) is 19.8 Å². The number of hydrogen-bond donors (Lipinski definition) is 0.